The number of hydrogen-bond acceptors (Lipinski definition) is 6. The number of nitrogens with zero attached hydrogens (tertiary/aromatic N) is 5. The number of carbonyl (C=O) groups is 1. The van der Waals surface area contributed by atoms with Gasteiger partial charge >= 0.3 is 6.09 Å². The minimum absolute atomic E-state index is 0.279. The van der Waals surface area contributed by atoms with Gasteiger partial charge in [-0.05, 0) is 45.0 Å². The number of aromatic nitrogens is 3. The molecule has 7 nitrogen and oxygen atoms in total. The van der Waals surface area contributed by atoms with Gasteiger partial charge in [0, 0.05) is 49.5 Å². The van der Waals surface area contributed by atoms with Crippen molar-refractivity contribution >= 4 is 34.4 Å². The van der Waals surface area contributed by atoms with Gasteiger partial charge in [0.15, 0.2) is 5.82 Å². The smallest absolute Gasteiger partial charge is 0.410 e. The molecule has 0 spiro atoms. The molecule has 0 atom stereocenters. The van der Waals surface area contributed by atoms with Gasteiger partial charge in [-0.1, -0.05) is 17.7 Å². The van der Waals surface area contributed by atoms with Crippen LogP contribution in [-0.2, 0) is 4.74 Å². The van der Waals surface area contributed by atoms with Gasteiger partial charge in [0.25, 0.3) is 0 Å². The predicted molar refractivity (Wildman–Crippen MR) is 118 cm³/mol. The number of piperazine rings is 1. The molecule has 8 heteroatoms. The molecule has 4 heterocycles. The Kier molecular flexibility index (Phi) is 5.47. The Balaban J connectivity index is 1.62. The molecule has 0 radical (unpaired) electrons. The standard InChI is InChI=1S/C22H24ClN5O2/c1-22(2,3)30-21(29)28-11-9-27(10-12-28)20-19-16(5-4-7-25-19)13-17(26-20)15-6-8-24-18(23)14-15/h4-8,13-14H,9-12H2,1-3H3. The lowest BCUT2D eigenvalue weighted by molar-refractivity contribution is 0.0240. The summed E-state index contributed by atoms with van der Waals surface area (Å²) < 4.78 is 5.50. The molecule has 4 rings (SSSR count). The van der Waals surface area contributed by atoms with Crippen molar-refractivity contribution in [2.75, 3.05) is 31.1 Å². The Morgan fingerprint density at radius 2 is 1.83 bits per heavy atom. The van der Waals surface area contributed by atoms with E-state index in [0.29, 0.717) is 31.3 Å². The number of halogens is 1. The minimum Gasteiger partial charge on any atom is -0.444 e. The van der Waals surface area contributed by atoms with Crippen LogP contribution in [-0.4, -0.2) is 57.7 Å². The van der Waals surface area contributed by atoms with Gasteiger partial charge < -0.3 is 14.5 Å². The number of anilines is 1. The zero-order valence-corrected chi connectivity index (χ0v) is 18.1. The lowest BCUT2D eigenvalue weighted by atomic mass is 10.1. The third-order valence-corrected chi connectivity index (χ3v) is 5.03. The highest BCUT2D eigenvalue weighted by molar-refractivity contribution is 6.29. The number of amides is 1. The van der Waals surface area contributed by atoms with E-state index in [1.807, 2.05) is 45.0 Å². The molecule has 1 fully saturated rings. The fourth-order valence-electron chi connectivity index (χ4n) is 3.43. The highest BCUT2D eigenvalue weighted by Gasteiger charge is 2.27. The van der Waals surface area contributed by atoms with E-state index < -0.39 is 5.60 Å². The topological polar surface area (TPSA) is 71.5 Å². The van der Waals surface area contributed by atoms with Crippen molar-refractivity contribution in [3.63, 3.8) is 0 Å². The molecule has 156 valence electrons. The average molecular weight is 426 g/mol. The first kappa shape index (κ1) is 20.3. The largest absolute Gasteiger partial charge is 0.444 e. The Labute approximate surface area is 180 Å². The van der Waals surface area contributed by atoms with Crippen molar-refractivity contribution in [1.29, 1.82) is 0 Å². The fraction of sp³-hybridized carbons (Fsp3) is 0.364. The van der Waals surface area contributed by atoms with Crippen molar-refractivity contribution in [1.82, 2.24) is 19.9 Å². The number of fused-ring (bicyclic) bond motifs is 1. The van der Waals surface area contributed by atoms with Gasteiger partial charge in [0.1, 0.15) is 16.3 Å². The van der Waals surface area contributed by atoms with Crippen LogP contribution in [0, 0.1) is 0 Å². The summed E-state index contributed by atoms with van der Waals surface area (Å²) in [5.74, 6) is 0.805. The van der Waals surface area contributed by atoms with Crippen LogP contribution in [0.25, 0.3) is 22.2 Å². The molecule has 3 aromatic rings. The minimum atomic E-state index is -0.504. The third kappa shape index (κ3) is 4.46. The normalized spacial score (nSPS) is 14.8. The number of carbonyl (C=O) groups excluding carboxylic acids is 1. The Hall–Kier alpha value is -2.93. The van der Waals surface area contributed by atoms with E-state index in [1.165, 1.54) is 0 Å². The van der Waals surface area contributed by atoms with Crippen molar-refractivity contribution < 1.29 is 9.53 Å². The number of pyridine rings is 3. The molecule has 0 bridgehead atoms. The summed E-state index contributed by atoms with van der Waals surface area (Å²) >= 11 is 6.08. The van der Waals surface area contributed by atoms with Gasteiger partial charge in [-0.2, -0.15) is 0 Å². The molecule has 30 heavy (non-hydrogen) atoms. The summed E-state index contributed by atoms with van der Waals surface area (Å²) in [5, 5.41) is 1.42. The molecule has 1 saturated heterocycles. The molecule has 0 aliphatic carbocycles. The molecular weight excluding hydrogens is 402 g/mol. The van der Waals surface area contributed by atoms with Crippen LogP contribution in [0.5, 0.6) is 0 Å². The summed E-state index contributed by atoms with van der Waals surface area (Å²) in [7, 11) is 0. The van der Waals surface area contributed by atoms with Gasteiger partial charge in [0.05, 0.1) is 5.69 Å². The van der Waals surface area contributed by atoms with Crippen LogP contribution in [0.15, 0.2) is 42.7 Å². The maximum Gasteiger partial charge on any atom is 0.410 e. The number of ether oxygens (including phenoxy) is 1. The third-order valence-electron chi connectivity index (χ3n) is 4.82. The SMILES string of the molecule is CC(C)(C)OC(=O)N1CCN(c2nc(-c3ccnc(Cl)c3)cc3cccnc23)CC1. The second-order valence-corrected chi connectivity index (χ2v) is 8.62. The highest BCUT2D eigenvalue weighted by Crippen LogP contribution is 2.30. The van der Waals surface area contributed by atoms with Gasteiger partial charge in [-0.3, -0.25) is 4.98 Å². The lowest BCUT2D eigenvalue weighted by Gasteiger charge is -2.36. The maximum absolute atomic E-state index is 12.4. The van der Waals surface area contributed by atoms with Crippen LogP contribution in [0.4, 0.5) is 10.6 Å². The van der Waals surface area contributed by atoms with Crippen molar-refractivity contribution in [3.05, 3.63) is 47.9 Å². The van der Waals surface area contributed by atoms with Crippen molar-refractivity contribution in [3.8, 4) is 11.3 Å². The number of rotatable bonds is 2. The molecular formula is C22H24ClN5O2. The van der Waals surface area contributed by atoms with E-state index in [2.05, 4.69) is 14.9 Å². The van der Waals surface area contributed by atoms with Crippen LogP contribution in [0.3, 0.4) is 0 Å². The zero-order valence-electron chi connectivity index (χ0n) is 17.3. The lowest BCUT2D eigenvalue weighted by Crippen LogP contribution is -2.50. The predicted octanol–water partition coefficient (Wildman–Crippen LogP) is 4.40. The summed E-state index contributed by atoms with van der Waals surface area (Å²) in [6, 6.07) is 9.64. The second kappa shape index (κ2) is 8.07. The van der Waals surface area contributed by atoms with Gasteiger partial charge in [-0.25, -0.2) is 14.8 Å². The van der Waals surface area contributed by atoms with Crippen LogP contribution >= 0.6 is 11.6 Å². The first-order valence-electron chi connectivity index (χ1n) is 9.91. The molecule has 3 aromatic heterocycles. The van der Waals surface area contributed by atoms with Crippen molar-refractivity contribution in [2.24, 2.45) is 0 Å². The molecule has 0 unspecified atom stereocenters. The van der Waals surface area contributed by atoms with Gasteiger partial charge in [0.2, 0.25) is 0 Å². The molecule has 0 N–H and O–H groups in total. The van der Waals surface area contributed by atoms with E-state index >= 15 is 0 Å². The monoisotopic (exact) mass is 425 g/mol. The van der Waals surface area contributed by atoms with Crippen LogP contribution < -0.4 is 4.90 Å². The Morgan fingerprint density at radius 1 is 1.07 bits per heavy atom. The Morgan fingerprint density at radius 3 is 2.53 bits per heavy atom. The maximum atomic E-state index is 12.4. The Bertz CT molecular complexity index is 1070. The van der Waals surface area contributed by atoms with Crippen LogP contribution in [0.2, 0.25) is 5.15 Å². The molecule has 1 aliphatic rings. The zero-order chi connectivity index (χ0) is 21.3. The molecule has 0 saturated carbocycles. The van der Waals surface area contributed by atoms with E-state index in [4.69, 9.17) is 21.3 Å². The summed E-state index contributed by atoms with van der Waals surface area (Å²) in [5.41, 5.74) is 2.04. The summed E-state index contributed by atoms with van der Waals surface area (Å²) in [6.07, 6.45) is 3.16. The number of hydrogen-bond donors (Lipinski definition) is 0. The van der Waals surface area contributed by atoms with E-state index in [9.17, 15) is 4.79 Å². The van der Waals surface area contributed by atoms with E-state index in [-0.39, 0.29) is 6.09 Å². The molecule has 1 amide bonds. The summed E-state index contributed by atoms with van der Waals surface area (Å²) in [6.45, 7) is 8.06. The first-order chi connectivity index (χ1) is 14.3. The quantitative estimate of drug-likeness (QED) is 0.566. The van der Waals surface area contributed by atoms with Gasteiger partial charge in [-0.15, -0.1) is 0 Å². The second-order valence-electron chi connectivity index (χ2n) is 8.23. The summed E-state index contributed by atoms with van der Waals surface area (Å²) in [4.78, 5) is 29.8. The average Bonchev–Trinajstić information content (AvgIpc) is 2.72. The van der Waals surface area contributed by atoms with Crippen molar-refractivity contribution in [2.45, 2.75) is 26.4 Å². The van der Waals surface area contributed by atoms with Crippen LogP contribution in [0.1, 0.15) is 20.8 Å². The fourth-order valence-corrected chi connectivity index (χ4v) is 3.60. The first-order valence-corrected chi connectivity index (χ1v) is 10.3. The molecule has 1 aliphatic heterocycles. The molecule has 0 aromatic carbocycles. The highest BCUT2D eigenvalue weighted by atomic mass is 35.5. The van der Waals surface area contributed by atoms with E-state index in [0.717, 1.165) is 28.0 Å². The van der Waals surface area contributed by atoms with E-state index in [1.54, 1.807) is 23.4 Å².